The summed E-state index contributed by atoms with van der Waals surface area (Å²) in [5.41, 5.74) is 3.57. The predicted molar refractivity (Wildman–Crippen MR) is 147 cm³/mol. The maximum absolute atomic E-state index is 13.0. The second-order valence-electron chi connectivity index (χ2n) is 11.1. The van der Waals surface area contributed by atoms with Gasteiger partial charge in [-0.05, 0) is 56.5 Å². The van der Waals surface area contributed by atoms with Crippen molar-refractivity contribution in [2.45, 2.75) is 59.5 Å². The zero-order chi connectivity index (χ0) is 26.8. The van der Waals surface area contributed by atoms with Gasteiger partial charge in [0.1, 0.15) is 27.2 Å². The van der Waals surface area contributed by atoms with E-state index in [0.717, 1.165) is 36.4 Å². The lowest BCUT2D eigenvalue weighted by Gasteiger charge is -2.17. The van der Waals surface area contributed by atoms with E-state index in [4.69, 9.17) is 9.72 Å². The van der Waals surface area contributed by atoms with Gasteiger partial charge >= 0.3 is 0 Å². The van der Waals surface area contributed by atoms with Gasteiger partial charge in [-0.2, -0.15) is 0 Å². The zero-order valence-corrected chi connectivity index (χ0v) is 23.3. The number of hydrogen-bond donors (Lipinski definition) is 1. The molecule has 4 rings (SSSR count). The second kappa shape index (κ2) is 10.9. The molecular weight excluding hydrogens is 488 g/mol. The summed E-state index contributed by atoms with van der Waals surface area (Å²) in [4.78, 5) is 27.7. The highest BCUT2D eigenvalue weighted by Gasteiger charge is 2.27. The molecule has 8 nitrogen and oxygen atoms in total. The van der Waals surface area contributed by atoms with E-state index in [0.29, 0.717) is 41.7 Å². The van der Waals surface area contributed by atoms with E-state index >= 15 is 0 Å². The SMILES string of the molecule is CCCS(=O)(=O)CCCc1cc(OC2CCN(C)C2)cc(-c2cnc3[nH]cc(C(=O)C(C)(C)C)c3n2)c1. The van der Waals surface area contributed by atoms with Gasteiger partial charge in [0.2, 0.25) is 0 Å². The highest BCUT2D eigenvalue weighted by atomic mass is 32.2. The number of ether oxygens (including phenoxy) is 1. The van der Waals surface area contributed by atoms with Crippen molar-refractivity contribution < 1.29 is 17.9 Å². The smallest absolute Gasteiger partial charge is 0.171 e. The minimum absolute atomic E-state index is 0.00150. The van der Waals surface area contributed by atoms with Crippen LogP contribution in [0.4, 0.5) is 0 Å². The first-order valence-electron chi connectivity index (χ1n) is 13.0. The van der Waals surface area contributed by atoms with Crippen molar-refractivity contribution in [2.75, 3.05) is 31.6 Å². The fourth-order valence-corrected chi connectivity index (χ4v) is 6.13. The number of rotatable bonds is 10. The van der Waals surface area contributed by atoms with Crippen LogP contribution in [0.1, 0.15) is 62.9 Å². The normalized spacial score (nSPS) is 16.9. The Bertz CT molecular complexity index is 1370. The van der Waals surface area contributed by atoms with Crippen LogP contribution in [-0.4, -0.2) is 71.8 Å². The number of sulfone groups is 1. The molecule has 1 aliphatic heterocycles. The summed E-state index contributed by atoms with van der Waals surface area (Å²) in [5, 5.41) is 0. The topological polar surface area (TPSA) is 105 Å². The van der Waals surface area contributed by atoms with E-state index < -0.39 is 15.3 Å². The van der Waals surface area contributed by atoms with Gasteiger partial charge in [-0.3, -0.25) is 4.79 Å². The molecule has 0 amide bonds. The lowest BCUT2D eigenvalue weighted by atomic mass is 9.87. The Morgan fingerprint density at radius 2 is 2.00 bits per heavy atom. The highest BCUT2D eigenvalue weighted by molar-refractivity contribution is 7.91. The number of likely N-dealkylation sites (N-methyl/N-ethyl adjacent to an activating group) is 1. The van der Waals surface area contributed by atoms with Gasteiger partial charge in [0, 0.05) is 36.0 Å². The Balaban J connectivity index is 1.67. The molecule has 0 saturated carbocycles. The molecule has 1 fully saturated rings. The van der Waals surface area contributed by atoms with Crippen LogP contribution in [0.25, 0.3) is 22.4 Å². The number of fused-ring (bicyclic) bond motifs is 1. The highest BCUT2D eigenvalue weighted by Crippen LogP contribution is 2.30. The Morgan fingerprint density at radius 3 is 2.68 bits per heavy atom. The third-order valence-corrected chi connectivity index (χ3v) is 8.60. The Hall–Kier alpha value is -2.78. The molecule has 200 valence electrons. The van der Waals surface area contributed by atoms with E-state index in [1.165, 1.54) is 0 Å². The number of hydrogen-bond acceptors (Lipinski definition) is 7. The van der Waals surface area contributed by atoms with E-state index in [1.807, 2.05) is 45.9 Å². The van der Waals surface area contributed by atoms with E-state index in [-0.39, 0.29) is 23.4 Å². The van der Waals surface area contributed by atoms with Crippen molar-refractivity contribution in [2.24, 2.45) is 5.41 Å². The summed E-state index contributed by atoms with van der Waals surface area (Å²) in [6, 6.07) is 5.99. The van der Waals surface area contributed by atoms with Crippen LogP contribution >= 0.6 is 0 Å². The first-order chi connectivity index (χ1) is 17.4. The lowest BCUT2D eigenvalue weighted by molar-refractivity contribution is 0.0860. The van der Waals surface area contributed by atoms with Crippen molar-refractivity contribution in [3.63, 3.8) is 0 Å². The Morgan fingerprint density at radius 1 is 1.22 bits per heavy atom. The third-order valence-electron chi connectivity index (χ3n) is 6.66. The molecule has 1 unspecified atom stereocenters. The van der Waals surface area contributed by atoms with Gasteiger partial charge in [-0.1, -0.05) is 27.7 Å². The summed E-state index contributed by atoms with van der Waals surface area (Å²) in [6.07, 6.45) is 6.23. The summed E-state index contributed by atoms with van der Waals surface area (Å²) in [6.45, 7) is 9.40. The lowest BCUT2D eigenvalue weighted by Crippen LogP contribution is -2.21. The number of H-pyrrole nitrogens is 1. The fraction of sp³-hybridized carbons (Fsp3) is 0.536. The van der Waals surface area contributed by atoms with Crippen molar-refractivity contribution in [1.29, 1.82) is 0 Å². The number of Topliss-reactive ketones (excluding diaryl/α,β-unsaturated/α-hetero) is 1. The summed E-state index contributed by atoms with van der Waals surface area (Å²) in [5.74, 6) is 1.13. The quantitative estimate of drug-likeness (QED) is 0.382. The molecule has 1 saturated heterocycles. The molecule has 1 aromatic carbocycles. The number of likely N-dealkylation sites (tertiary alicyclic amines) is 1. The molecular formula is C28H38N4O4S. The predicted octanol–water partition coefficient (Wildman–Crippen LogP) is 4.69. The number of ketones is 1. The Kier molecular flexibility index (Phi) is 8.04. The average molecular weight is 527 g/mol. The minimum Gasteiger partial charge on any atom is -0.489 e. The van der Waals surface area contributed by atoms with Gasteiger partial charge in [0.15, 0.2) is 11.4 Å². The zero-order valence-electron chi connectivity index (χ0n) is 22.5. The molecule has 37 heavy (non-hydrogen) atoms. The summed E-state index contributed by atoms with van der Waals surface area (Å²) < 4.78 is 30.8. The molecule has 0 aliphatic carbocycles. The molecule has 9 heteroatoms. The number of nitrogens with one attached hydrogen (secondary N) is 1. The number of aromatic amines is 1. The third kappa shape index (κ3) is 6.76. The molecule has 1 N–H and O–H groups in total. The van der Waals surface area contributed by atoms with E-state index in [1.54, 1.807) is 12.4 Å². The molecule has 1 aliphatic rings. The van der Waals surface area contributed by atoms with Crippen LogP contribution in [0.5, 0.6) is 5.75 Å². The standard InChI is InChI=1S/C28H38N4O4S/c1-6-11-37(34,35)12-7-8-19-13-20(15-22(14-19)36-21-9-10-32(5)18-21)24-17-30-27-25(31-24)23(16-29-27)26(33)28(2,3)4/h13-17,21H,6-12,18H2,1-5H3,(H,29,30). The van der Waals surface area contributed by atoms with Crippen LogP contribution in [-0.2, 0) is 16.3 Å². The van der Waals surface area contributed by atoms with Crippen LogP contribution in [0.15, 0.2) is 30.6 Å². The maximum atomic E-state index is 13.0. The number of carbonyl (C=O) groups is 1. The van der Waals surface area contributed by atoms with Crippen LogP contribution in [0, 0.1) is 5.41 Å². The molecule has 0 spiro atoms. The number of nitrogens with zero attached hydrogens (tertiary/aromatic N) is 3. The summed E-state index contributed by atoms with van der Waals surface area (Å²) >= 11 is 0. The van der Waals surface area contributed by atoms with Crippen LogP contribution in [0.3, 0.4) is 0 Å². The van der Waals surface area contributed by atoms with Crippen molar-refractivity contribution in [3.05, 3.63) is 41.7 Å². The van der Waals surface area contributed by atoms with Gasteiger partial charge in [0.05, 0.1) is 23.2 Å². The van der Waals surface area contributed by atoms with Gasteiger partial charge in [-0.25, -0.2) is 18.4 Å². The van der Waals surface area contributed by atoms with Crippen molar-refractivity contribution in [3.8, 4) is 17.0 Å². The molecule has 3 aromatic rings. The number of benzene rings is 1. The van der Waals surface area contributed by atoms with E-state index in [2.05, 4.69) is 21.9 Å². The molecule has 0 bridgehead atoms. The number of aryl methyl sites for hydroxylation is 1. The van der Waals surface area contributed by atoms with Gasteiger partial charge < -0.3 is 14.6 Å². The van der Waals surface area contributed by atoms with Crippen molar-refractivity contribution >= 4 is 26.8 Å². The fourth-order valence-electron chi connectivity index (χ4n) is 4.72. The minimum atomic E-state index is -3.04. The molecule has 2 aromatic heterocycles. The second-order valence-corrected chi connectivity index (χ2v) is 13.4. The van der Waals surface area contributed by atoms with Crippen LogP contribution < -0.4 is 4.74 Å². The first kappa shape index (κ1) is 27.3. The largest absolute Gasteiger partial charge is 0.489 e. The maximum Gasteiger partial charge on any atom is 0.171 e. The molecule has 3 heterocycles. The number of carbonyl (C=O) groups excluding carboxylic acids is 1. The monoisotopic (exact) mass is 526 g/mol. The molecule has 1 atom stereocenters. The molecule has 0 radical (unpaired) electrons. The van der Waals surface area contributed by atoms with Gasteiger partial charge in [-0.15, -0.1) is 0 Å². The van der Waals surface area contributed by atoms with Crippen molar-refractivity contribution in [1.82, 2.24) is 19.9 Å². The van der Waals surface area contributed by atoms with Crippen LogP contribution in [0.2, 0.25) is 0 Å². The van der Waals surface area contributed by atoms with Gasteiger partial charge in [0.25, 0.3) is 0 Å². The Labute approximate surface area is 219 Å². The number of aromatic nitrogens is 3. The average Bonchev–Trinajstić information content (AvgIpc) is 3.42. The summed E-state index contributed by atoms with van der Waals surface area (Å²) in [7, 11) is -0.953. The first-order valence-corrected chi connectivity index (χ1v) is 14.9. The van der Waals surface area contributed by atoms with E-state index in [9.17, 15) is 13.2 Å².